The molecule has 0 bridgehead atoms. The van der Waals surface area contributed by atoms with Crippen LogP contribution in [0.25, 0.3) is 0 Å². The molecule has 2 nitrogen and oxygen atoms in total. The van der Waals surface area contributed by atoms with Crippen LogP contribution in [0.3, 0.4) is 0 Å². The van der Waals surface area contributed by atoms with Crippen LogP contribution in [0, 0.1) is 0 Å². The predicted molar refractivity (Wildman–Crippen MR) is 52.9 cm³/mol. The van der Waals surface area contributed by atoms with Gasteiger partial charge in [-0.25, -0.2) is 0 Å². The van der Waals surface area contributed by atoms with Crippen LogP contribution in [-0.2, 0) is 0 Å². The highest BCUT2D eigenvalue weighted by atomic mass is 35.5. The Bertz CT molecular complexity index is 208. The third-order valence-corrected chi connectivity index (χ3v) is 1.43. The van der Waals surface area contributed by atoms with Gasteiger partial charge in [0.15, 0.2) is 0 Å². The molecule has 13 heavy (non-hydrogen) atoms. The van der Waals surface area contributed by atoms with Gasteiger partial charge >= 0.3 is 0 Å². The largest absolute Gasteiger partial charge is 0.494 e. The minimum atomic E-state index is 0. The maximum Gasteiger partial charge on any atom is 0.119 e. The van der Waals surface area contributed by atoms with Crippen molar-refractivity contribution in [3.63, 3.8) is 0 Å². The zero-order chi connectivity index (χ0) is 8.65. The number of halogens is 2. The van der Waals surface area contributed by atoms with Gasteiger partial charge in [0.1, 0.15) is 5.75 Å². The second-order valence-electron chi connectivity index (χ2n) is 2.40. The molecule has 0 unspecified atom stereocenters. The summed E-state index contributed by atoms with van der Waals surface area (Å²) in [5, 5.41) is 0. The Morgan fingerprint density at radius 2 is 1.92 bits per heavy atom. The molecule has 0 saturated carbocycles. The van der Waals surface area contributed by atoms with E-state index in [1.807, 2.05) is 30.3 Å². The Kier molecular flexibility index (Phi) is 7.35. The smallest absolute Gasteiger partial charge is 0.119 e. The standard InChI is InChI=1S/C9H12FNO.ClH/c10-11-7-4-8-12-9-5-2-1-3-6-9;/h1-3,5-6,11H,4,7-8H2;1H. The van der Waals surface area contributed by atoms with Crippen molar-refractivity contribution in [2.45, 2.75) is 6.42 Å². The summed E-state index contributed by atoms with van der Waals surface area (Å²) >= 11 is 0. The van der Waals surface area contributed by atoms with Crippen molar-refractivity contribution >= 4 is 12.4 Å². The molecule has 1 rings (SSSR count). The van der Waals surface area contributed by atoms with Crippen molar-refractivity contribution < 1.29 is 9.22 Å². The lowest BCUT2D eigenvalue weighted by Crippen LogP contribution is -2.07. The number of rotatable bonds is 5. The molecule has 0 radical (unpaired) electrons. The number of para-hydroxylation sites is 1. The molecule has 0 aliphatic rings. The summed E-state index contributed by atoms with van der Waals surface area (Å²) in [6, 6.07) is 9.49. The molecule has 0 heterocycles. The topological polar surface area (TPSA) is 21.3 Å². The van der Waals surface area contributed by atoms with Gasteiger partial charge in [-0.15, -0.1) is 16.9 Å². The Morgan fingerprint density at radius 1 is 1.23 bits per heavy atom. The summed E-state index contributed by atoms with van der Waals surface area (Å²) < 4.78 is 16.7. The first kappa shape index (κ1) is 12.2. The molecule has 1 aromatic rings. The second-order valence-corrected chi connectivity index (χ2v) is 2.40. The zero-order valence-electron chi connectivity index (χ0n) is 7.20. The van der Waals surface area contributed by atoms with Gasteiger partial charge < -0.3 is 4.74 Å². The maximum absolute atomic E-state index is 11.4. The summed E-state index contributed by atoms with van der Waals surface area (Å²) in [6.07, 6.45) is 0.672. The van der Waals surface area contributed by atoms with Crippen LogP contribution in [-0.4, -0.2) is 13.2 Å². The number of nitrogens with one attached hydrogen (secondary N) is 1. The van der Waals surface area contributed by atoms with Gasteiger partial charge in [-0.3, -0.25) is 0 Å². The molecule has 0 atom stereocenters. The van der Waals surface area contributed by atoms with Crippen molar-refractivity contribution in [1.82, 2.24) is 5.54 Å². The third-order valence-electron chi connectivity index (χ3n) is 1.43. The number of hydrogen-bond acceptors (Lipinski definition) is 2. The van der Waals surface area contributed by atoms with Gasteiger partial charge in [-0.05, 0) is 18.6 Å². The molecule has 0 spiro atoms. The molecular formula is C9H13ClFNO. The van der Waals surface area contributed by atoms with Crippen LogP contribution >= 0.6 is 12.4 Å². The molecule has 1 aromatic carbocycles. The fourth-order valence-corrected chi connectivity index (χ4v) is 0.846. The molecule has 0 saturated heterocycles. The molecule has 0 aromatic heterocycles. The fourth-order valence-electron chi connectivity index (χ4n) is 0.846. The zero-order valence-corrected chi connectivity index (χ0v) is 8.02. The minimum absolute atomic E-state index is 0. The molecule has 1 N–H and O–H groups in total. The van der Waals surface area contributed by atoms with Crippen LogP contribution in [0.15, 0.2) is 30.3 Å². The molecule has 74 valence electrons. The van der Waals surface area contributed by atoms with E-state index in [4.69, 9.17) is 4.74 Å². The average Bonchev–Trinajstić information content (AvgIpc) is 2.14. The van der Waals surface area contributed by atoms with Crippen molar-refractivity contribution in [2.75, 3.05) is 13.2 Å². The van der Waals surface area contributed by atoms with E-state index in [2.05, 4.69) is 0 Å². The minimum Gasteiger partial charge on any atom is -0.494 e. The number of hydrogen-bond donors (Lipinski definition) is 1. The van der Waals surface area contributed by atoms with Crippen LogP contribution < -0.4 is 10.3 Å². The average molecular weight is 206 g/mol. The van der Waals surface area contributed by atoms with E-state index >= 15 is 0 Å². The van der Waals surface area contributed by atoms with E-state index in [9.17, 15) is 4.48 Å². The van der Waals surface area contributed by atoms with Gasteiger partial charge in [0.25, 0.3) is 0 Å². The summed E-state index contributed by atoms with van der Waals surface area (Å²) in [7, 11) is 0. The molecule has 4 heteroatoms. The first-order valence-corrected chi connectivity index (χ1v) is 3.95. The number of benzene rings is 1. The van der Waals surface area contributed by atoms with Gasteiger partial charge in [-0.1, -0.05) is 18.2 Å². The second kappa shape index (κ2) is 7.83. The fraction of sp³-hybridized carbons (Fsp3) is 0.333. The SMILES string of the molecule is Cl.FNCCCOc1ccccc1. The Hall–Kier alpha value is -0.800. The molecular weight excluding hydrogens is 193 g/mol. The molecule has 0 aliphatic heterocycles. The highest BCUT2D eigenvalue weighted by Crippen LogP contribution is 2.07. The maximum atomic E-state index is 11.4. The highest BCUT2D eigenvalue weighted by molar-refractivity contribution is 5.85. The van der Waals surface area contributed by atoms with Gasteiger partial charge in [0.05, 0.1) is 6.61 Å². The summed E-state index contributed by atoms with van der Waals surface area (Å²) in [6.45, 7) is 0.883. The first-order valence-electron chi connectivity index (χ1n) is 3.95. The van der Waals surface area contributed by atoms with E-state index < -0.39 is 0 Å². The lowest BCUT2D eigenvalue weighted by atomic mass is 10.3. The summed E-state index contributed by atoms with van der Waals surface area (Å²) in [4.78, 5) is 0. The monoisotopic (exact) mass is 205 g/mol. The van der Waals surface area contributed by atoms with Gasteiger partial charge in [0, 0.05) is 6.54 Å². The van der Waals surface area contributed by atoms with E-state index in [-0.39, 0.29) is 12.4 Å². The molecule has 0 fully saturated rings. The van der Waals surface area contributed by atoms with E-state index in [1.165, 1.54) is 0 Å². The van der Waals surface area contributed by atoms with Crippen molar-refractivity contribution in [3.8, 4) is 5.75 Å². The van der Waals surface area contributed by atoms with Crippen LogP contribution in [0.4, 0.5) is 4.48 Å². The van der Waals surface area contributed by atoms with Crippen molar-refractivity contribution in [1.29, 1.82) is 0 Å². The van der Waals surface area contributed by atoms with Crippen LogP contribution in [0.2, 0.25) is 0 Å². The van der Waals surface area contributed by atoms with Crippen molar-refractivity contribution in [2.24, 2.45) is 0 Å². The van der Waals surface area contributed by atoms with Gasteiger partial charge in [-0.2, -0.15) is 5.54 Å². The Morgan fingerprint density at radius 3 is 2.54 bits per heavy atom. The van der Waals surface area contributed by atoms with Crippen molar-refractivity contribution in [3.05, 3.63) is 30.3 Å². The Labute approximate surface area is 83.4 Å². The quantitative estimate of drug-likeness (QED) is 0.589. The highest BCUT2D eigenvalue weighted by Gasteiger charge is 1.90. The normalized spacial score (nSPS) is 9.00. The third kappa shape index (κ3) is 5.44. The molecule has 0 aliphatic carbocycles. The molecule has 0 amide bonds. The Balaban J connectivity index is 0.00000144. The van der Waals surface area contributed by atoms with E-state index in [1.54, 1.807) is 5.54 Å². The van der Waals surface area contributed by atoms with Crippen LogP contribution in [0.1, 0.15) is 6.42 Å². The van der Waals surface area contributed by atoms with Gasteiger partial charge in [0.2, 0.25) is 0 Å². The number of ether oxygens (including phenoxy) is 1. The first-order chi connectivity index (χ1) is 5.93. The van der Waals surface area contributed by atoms with E-state index in [0.29, 0.717) is 19.6 Å². The van der Waals surface area contributed by atoms with E-state index in [0.717, 1.165) is 5.75 Å². The predicted octanol–water partition coefficient (Wildman–Crippen LogP) is 2.35. The van der Waals surface area contributed by atoms with Crippen LogP contribution in [0.5, 0.6) is 5.75 Å². The summed E-state index contributed by atoms with van der Waals surface area (Å²) in [5.41, 5.74) is 1.57. The summed E-state index contributed by atoms with van der Waals surface area (Å²) in [5.74, 6) is 0.830. The lowest BCUT2D eigenvalue weighted by molar-refractivity contribution is 0.273. The lowest BCUT2D eigenvalue weighted by Gasteiger charge is -2.03.